The van der Waals surface area contributed by atoms with E-state index in [1.165, 1.54) is 0 Å². The van der Waals surface area contributed by atoms with E-state index in [9.17, 15) is 24.3 Å². The van der Waals surface area contributed by atoms with Crippen molar-refractivity contribution in [3.8, 4) is 0 Å². The van der Waals surface area contributed by atoms with Crippen LogP contribution in [0.15, 0.2) is 5.11 Å². The van der Waals surface area contributed by atoms with Crippen molar-refractivity contribution in [2.45, 2.75) is 83.6 Å². The van der Waals surface area contributed by atoms with Crippen molar-refractivity contribution in [3.05, 3.63) is 10.4 Å². The highest BCUT2D eigenvalue weighted by molar-refractivity contribution is 5.75. The van der Waals surface area contributed by atoms with Crippen LogP contribution < -0.4 is 5.32 Å². The lowest BCUT2D eigenvalue weighted by Crippen LogP contribution is -2.62. The number of carbonyl (C=O) groups is 4. The Morgan fingerprint density at radius 2 is 1.57 bits per heavy atom. The Bertz CT molecular complexity index is 758. The van der Waals surface area contributed by atoms with Crippen LogP contribution in [0.1, 0.15) is 52.9 Å². The van der Waals surface area contributed by atoms with Gasteiger partial charge in [-0.1, -0.05) is 11.5 Å². The minimum Gasteiger partial charge on any atom is -0.456 e. The molecule has 0 radical (unpaired) electrons. The van der Waals surface area contributed by atoms with Crippen LogP contribution in [0.25, 0.3) is 10.4 Å². The maximum absolute atomic E-state index is 11.9. The van der Waals surface area contributed by atoms with Gasteiger partial charge in [-0.2, -0.15) is 0 Å². The summed E-state index contributed by atoms with van der Waals surface area (Å²) in [5, 5.41) is 15.9. The predicted octanol–water partition coefficient (Wildman–Crippen LogP) is 0.892. The molecule has 2 N–H and O–H groups in total. The van der Waals surface area contributed by atoms with Crippen LogP contribution in [0.3, 0.4) is 0 Å². The number of unbranched alkanes of at least 4 members (excludes halogenated alkanes) is 2. The molecule has 0 saturated carbocycles. The van der Waals surface area contributed by atoms with Crippen LogP contribution in [0.5, 0.6) is 0 Å². The highest BCUT2D eigenvalue weighted by Gasteiger charge is 2.52. The monoisotopic (exact) mass is 502 g/mol. The SMILES string of the molecule is CC(=O)OC1[C@@H](OC(C)=O)C(CO)O[C@@H](OCCCNC(=O)CCCCCN=[N+]=[N-])[C@H]1OC(C)=O. The van der Waals surface area contributed by atoms with Gasteiger partial charge >= 0.3 is 17.9 Å². The molecule has 0 aromatic rings. The molecule has 1 aliphatic heterocycles. The van der Waals surface area contributed by atoms with Gasteiger partial charge in [0.1, 0.15) is 6.10 Å². The predicted molar refractivity (Wildman–Crippen MR) is 118 cm³/mol. The number of aliphatic hydroxyl groups excluding tert-OH is 1. The van der Waals surface area contributed by atoms with Gasteiger partial charge in [-0.15, -0.1) is 0 Å². The number of rotatable bonds is 15. The number of nitrogens with zero attached hydrogens (tertiary/aromatic N) is 3. The van der Waals surface area contributed by atoms with Crippen molar-refractivity contribution in [2.75, 3.05) is 26.3 Å². The third-order valence-corrected chi connectivity index (χ3v) is 4.83. The Balaban J connectivity index is 2.63. The van der Waals surface area contributed by atoms with Crippen molar-refractivity contribution >= 4 is 23.8 Å². The van der Waals surface area contributed by atoms with Crippen molar-refractivity contribution < 1.29 is 48.0 Å². The van der Waals surface area contributed by atoms with Crippen molar-refractivity contribution in [1.29, 1.82) is 0 Å². The van der Waals surface area contributed by atoms with Gasteiger partial charge in [0.15, 0.2) is 24.6 Å². The molecule has 1 heterocycles. The van der Waals surface area contributed by atoms with Crippen LogP contribution in [-0.4, -0.2) is 85.9 Å². The van der Waals surface area contributed by atoms with E-state index in [-0.39, 0.29) is 12.5 Å². The minimum atomic E-state index is -1.27. The molecule has 0 spiro atoms. The second kappa shape index (κ2) is 16.7. The van der Waals surface area contributed by atoms with Gasteiger partial charge in [-0.25, -0.2) is 0 Å². The summed E-state index contributed by atoms with van der Waals surface area (Å²) < 4.78 is 27.0. The van der Waals surface area contributed by atoms with E-state index < -0.39 is 55.2 Å². The summed E-state index contributed by atoms with van der Waals surface area (Å²) in [5.74, 6) is -2.26. The van der Waals surface area contributed by atoms with Crippen LogP contribution in [0, 0.1) is 0 Å². The summed E-state index contributed by atoms with van der Waals surface area (Å²) >= 11 is 0. The normalized spacial score (nSPS) is 23.5. The number of ether oxygens (including phenoxy) is 5. The molecule has 1 amide bonds. The fourth-order valence-electron chi connectivity index (χ4n) is 3.41. The van der Waals surface area contributed by atoms with Crippen LogP contribution in [0.2, 0.25) is 0 Å². The quantitative estimate of drug-likeness (QED) is 0.0810. The molecular formula is C21H34N4O10. The van der Waals surface area contributed by atoms with Gasteiger partial charge in [-0.3, -0.25) is 19.2 Å². The standard InChI is InChI=1S/C21H34N4O10/c1-13(27)32-18-16(12-26)35-21(20(34-15(3)29)19(18)33-14(2)28)31-11-7-9-23-17(30)8-5-4-6-10-24-25-22/h16,18-21,26H,4-12H2,1-3H3,(H,23,30)/t16?,18-,19?,20-,21+/m0/s1. The smallest absolute Gasteiger partial charge is 0.303 e. The molecule has 1 rings (SSSR count). The first-order valence-corrected chi connectivity index (χ1v) is 11.4. The number of amides is 1. The van der Waals surface area contributed by atoms with Gasteiger partial charge in [0.05, 0.1) is 13.2 Å². The van der Waals surface area contributed by atoms with E-state index in [4.69, 9.17) is 29.2 Å². The number of hydrogen-bond acceptors (Lipinski definition) is 11. The minimum absolute atomic E-state index is 0.0814. The maximum Gasteiger partial charge on any atom is 0.303 e. The lowest BCUT2D eigenvalue weighted by Gasteiger charge is -2.43. The van der Waals surface area contributed by atoms with Crippen LogP contribution in [0.4, 0.5) is 0 Å². The fraction of sp³-hybridized carbons (Fsp3) is 0.810. The van der Waals surface area contributed by atoms with Gasteiger partial charge in [0.2, 0.25) is 5.91 Å². The third kappa shape index (κ3) is 11.9. The molecule has 14 nitrogen and oxygen atoms in total. The van der Waals surface area contributed by atoms with E-state index >= 15 is 0 Å². The highest BCUT2D eigenvalue weighted by atomic mass is 16.7. The zero-order valence-corrected chi connectivity index (χ0v) is 20.2. The van der Waals surface area contributed by atoms with Crippen molar-refractivity contribution in [1.82, 2.24) is 5.32 Å². The van der Waals surface area contributed by atoms with Crippen molar-refractivity contribution in [3.63, 3.8) is 0 Å². The van der Waals surface area contributed by atoms with Gasteiger partial charge < -0.3 is 34.1 Å². The number of esters is 3. The lowest BCUT2D eigenvalue weighted by atomic mass is 9.98. The van der Waals surface area contributed by atoms with Gasteiger partial charge in [-0.05, 0) is 24.8 Å². The number of aliphatic hydroxyl groups is 1. The molecule has 5 atom stereocenters. The molecule has 2 unspecified atom stereocenters. The molecule has 14 heteroatoms. The first kappa shape index (κ1) is 30.1. The fourth-order valence-corrected chi connectivity index (χ4v) is 3.41. The number of nitrogens with one attached hydrogen (secondary N) is 1. The number of azide groups is 1. The summed E-state index contributed by atoms with van der Waals surface area (Å²) in [5.41, 5.74) is 8.21. The zero-order chi connectivity index (χ0) is 26.2. The molecule has 1 fully saturated rings. The number of carbonyl (C=O) groups excluding carboxylic acids is 4. The van der Waals surface area contributed by atoms with Crippen LogP contribution >= 0.6 is 0 Å². The third-order valence-electron chi connectivity index (χ3n) is 4.83. The highest BCUT2D eigenvalue weighted by Crippen LogP contribution is 2.29. The first-order valence-electron chi connectivity index (χ1n) is 11.4. The summed E-state index contributed by atoms with van der Waals surface area (Å²) in [6, 6.07) is 0. The van der Waals surface area contributed by atoms with E-state index in [0.29, 0.717) is 32.4 Å². The Hall–Kier alpha value is -2.93. The Morgan fingerprint density at radius 3 is 2.17 bits per heavy atom. The van der Waals surface area contributed by atoms with Gasteiger partial charge in [0.25, 0.3) is 0 Å². The van der Waals surface area contributed by atoms with Gasteiger partial charge in [0, 0.05) is 45.2 Å². The summed E-state index contributed by atoms with van der Waals surface area (Å²) in [6.45, 7) is 3.64. The maximum atomic E-state index is 11.9. The Labute approximate surface area is 203 Å². The molecule has 1 saturated heterocycles. The summed E-state index contributed by atoms with van der Waals surface area (Å²) in [7, 11) is 0. The molecular weight excluding hydrogens is 468 g/mol. The molecule has 1 aliphatic rings. The molecule has 0 aromatic heterocycles. The largest absolute Gasteiger partial charge is 0.456 e. The average Bonchev–Trinajstić information content (AvgIpc) is 2.78. The lowest BCUT2D eigenvalue weighted by molar-refractivity contribution is -0.307. The topological polar surface area (TPSA) is 195 Å². The molecule has 0 bridgehead atoms. The summed E-state index contributed by atoms with van der Waals surface area (Å²) in [6.07, 6.45) is -3.17. The molecule has 35 heavy (non-hydrogen) atoms. The zero-order valence-electron chi connectivity index (χ0n) is 20.2. The van der Waals surface area contributed by atoms with E-state index in [1.54, 1.807) is 0 Å². The summed E-state index contributed by atoms with van der Waals surface area (Å²) in [4.78, 5) is 49.5. The molecule has 0 aliphatic carbocycles. The molecule has 0 aromatic carbocycles. The molecule has 198 valence electrons. The number of hydrogen-bond donors (Lipinski definition) is 2. The van der Waals surface area contributed by atoms with E-state index in [1.807, 2.05) is 0 Å². The first-order chi connectivity index (χ1) is 16.7. The second-order valence-corrected chi connectivity index (χ2v) is 7.79. The van der Waals surface area contributed by atoms with Crippen molar-refractivity contribution in [2.24, 2.45) is 5.11 Å². The second-order valence-electron chi connectivity index (χ2n) is 7.79. The Kier molecular flexibility index (Phi) is 14.3. The Morgan fingerprint density at radius 1 is 0.943 bits per heavy atom. The van der Waals surface area contributed by atoms with E-state index in [0.717, 1.165) is 33.6 Å². The average molecular weight is 503 g/mol. The van der Waals surface area contributed by atoms with E-state index in [2.05, 4.69) is 15.3 Å². The van der Waals surface area contributed by atoms with Crippen LogP contribution in [-0.2, 0) is 42.9 Å².